The van der Waals surface area contributed by atoms with Crippen LogP contribution < -0.4 is 5.32 Å². The Labute approximate surface area is 93.7 Å². The van der Waals surface area contributed by atoms with E-state index in [1.54, 1.807) is 30.3 Å². The van der Waals surface area contributed by atoms with Crippen LogP contribution in [0, 0.1) is 0 Å². The standard InChI is InChI=1S/C10H14NO4P/c1-8(12)11-10(7-16(13,14)15)9-5-3-2-4-6-9/h2-6,10H,7H2,1H3,(H,11,12)(H2,13,14,15). The normalized spacial score (nSPS) is 13.2. The third-order valence-electron chi connectivity index (χ3n) is 2.00. The lowest BCUT2D eigenvalue weighted by Gasteiger charge is -2.18. The highest BCUT2D eigenvalue weighted by molar-refractivity contribution is 7.51. The molecule has 0 aliphatic carbocycles. The van der Waals surface area contributed by atoms with Crippen LogP contribution in [-0.4, -0.2) is 21.9 Å². The fourth-order valence-electron chi connectivity index (χ4n) is 1.40. The van der Waals surface area contributed by atoms with Crippen LogP contribution in [0.15, 0.2) is 30.3 Å². The molecule has 1 atom stereocenters. The van der Waals surface area contributed by atoms with E-state index in [1.165, 1.54) is 6.92 Å². The number of hydrogen-bond acceptors (Lipinski definition) is 2. The van der Waals surface area contributed by atoms with Crippen LogP contribution in [0.3, 0.4) is 0 Å². The van der Waals surface area contributed by atoms with Crippen LogP contribution in [0.25, 0.3) is 0 Å². The lowest BCUT2D eigenvalue weighted by atomic mass is 10.1. The smallest absolute Gasteiger partial charge is 0.327 e. The topological polar surface area (TPSA) is 86.6 Å². The minimum atomic E-state index is -4.16. The van der Waals surface area contributed by atoms with Gasteiger partial charge in [-0.1, -0.05) is 30.3 Å². The average molecular weight is 243 g/mol. The number of hydrogen-bond donors (Lipinski definition) is 3. The van der Waals surface area contributed by atoms with Crippen molar-refractivity contribution in [2.24, 2.45) is 0 Å². The summed E-state index contributed by atoms with van der Waals surface area (Å²) in [5, 5.41) is 2.52. The summed E-state index contributed by atoms with van der Waals surface area (Å²) in [7, 11) is -4.16. The van der Waals surface area contributed by atoms with Crippen molar-refractivity contribution in [3.8, 4) is 0 Å². The van der Waals surface area contributed by atoms with Gasteiger partial charge in [0.15, 0.2) is 0 Å². The molecular formula is C10H14NO4P. The fourth-order valence-corrected chi connectivity index (χ4v) is 2.18. The van der Waals surface area contributed by atoms with E-state index in [-0.39, 0.29) is 5.91 Å². The van der Waals surface area contributed by atoms with E-state index in [1.807, 2.05) is 0 Å². The molecule has 1 amide bonds. The highest BCUT2D eigenvalue weighted by Crippen LogP contribution is 2.39. The van der Waals surface area contributed by atoms with Crippen molar-refractivity contribution in [2.45, 2.75) is 13.0 Å². The molecule has 3 N–H and O–H groups in total. The first kappa shape index (κ1) is 12.9. The van der Waals surface area contributed by atoms with Crippen LogP contribution in [-0.2, 0) is 9.36 Å². The van der Waals surface area contributed by atoms with Gasteiger partial charge in [-0.05, 0) is 5.56 Å². The second-order valence-corrected chi connectivity index (χ2v) is 5.21. The minimum Gasteiger partial charge on any atom is -0.349 e. The predicted molar refractivity (Wildman–Crippen MR) is 59.9 cm³/mol. The molecule has 0 saturated carbocycles. The Morgan fingerprint density at radius 3 is 2.38 bits per heavy atom. The van der Waals surface area contributed by atoms with E-state index in [2.05, 4.69) is 5.32 Å². The van der Waals surface area contributed by atoms with Crippen molar-refractivity contribution in [1.29, 1.82) is 0 Å². The molecule has 88 valence electrons. The Bertz CT molecular complexity index is 401. The van der Waals surface area contributed by atoms with Gasteiger partial charge < -0.3 is 15.1 Å². The van der Waals surface area contributed by atoms with Gasteiger partial charge in [0.1, 0.15) is 0 Å². The van der Waals surface area contributed by atoms with Crippen molar-refractivity contribution in [3.05, 3.63) is 35.9 Å². The number of benzene rings is 1. The van der Waals surface area contributed by atoms with Gasteiger partial charge in [0.2, 0.25) is 5.91 Å². The summed E-state index contributed by atoms with van der Waals surface area (Å²) in [4.78, 5) is 28.8. The molecule has 1 rings (SSSR count). The van der Waals surface area contributed by atoms with Gasteiger partial charge in [-0.2, -0.15) is 0 Å². The number of amides is 1. The van der Waals surface area contributed by atoms with E-state index in [9.17, 15) is 9.36 Å². The Morgan fingerprint density at radius 1 is 1.38 bits per heavy atom. The SMILES string of the molecule is CC(=O)NC(CP(=O)(O)O)c1ccccc1. The first-order chi connectivity index (χ1) is 7.38. The summed E-state index contributed by atoms with van der Waals surface area (Å²) in [6.45, 7) is 1.32. The van der Waals surface area contributed by atoms with Crippen LogP contribution in [0.4, 0.5) is 0 Å². The van der Waals surface area contributed by atoms with Crippen LogP contribution >= 0.6 is 7.60 Å². The fraction of sp³-hybridized carbons (Fsp3) is 0.300. The minimum absolute atomic E-state index is 0.317. The molecular weight excluding hydrogens is 229 g/mol. The van der Waals surface area contributed by atoms with Gasteiger partial charge in [0.05, 0.1) is 12.2 Å². The van der Waals surface area contributed by atoms with Crippen molar-refractivity contribution < 1.29 is 19.1 Å². The molecule has 0 aromatic heterocycles. The molecule has 0 radical (unpaired) electrons. The van der Waals surface area contributed by atoms with Crippen LogP contribution in [0.1, 0.15) is 18.5 Å². The summed E-state index contributed by atoms with van der Waals surface area (Å²) in [5.41, 5.74) is 0.682. The maximum absolute atomic E-state index is 10.9. The number of nitrogens with one attached hydrogen (secondary N) is 1. The van der Waals surface area contributed by atoms with E-state index in [0.29, 0.717) is 5.56 Å². The van der Waals surface area contributed by atoms with Crippen molar-refractivity contribution >= 4 is 13.5 Å². The predicted octanol–water partition coefficient (Wildman–Crippen LogP) is 1.04. The Balaban J connectivity index is 2.88. The first-order valence-corrected chi connectivity index (χ1v) is 6.55. The number of carbonyl (C=O) groups is 1. The number of rotatable bonds is 4. The molecule has 0 spiro atoms. The zero-order valence-corrected chi connectivity index (χ0v) is 9.72. The monoisotopic (exact) mass is 243 g/mol. The molecule has 16 heavy (non-hydrogen) atoms. The van der Waals surface area contributed by atoms with Gasteiger partial charge in [-0.25, -0.2) is 0 Å². The molecule has 0 heterocycles. The van der Waals surface area contributed by atoms with Gasteiger partial charge in [-0.3, -0.25) is 9.36 Å². The van der Waals surface area contributed by atoms with Crippen molar-refractivity contribution in [1.82, 2.24) is 5.32 Å². The largest absolute Gasteiger partial charge is 0.349 e. The lowest BCUT2D eigenvalue weighted by molar-refractivity contribution is -0.119. The van der Waals surface area contributed by atoms with E-state index in [0.717, 1.165) is 0 Å². The zero-order chi connectivity index (χ0) is 12.2. The Kier molecular flexibility index (Phi) is 4.24. The van der Waals surface area contributed by atoms with Crippen molar-refractivity contribution in [2.75, 3.05) is 6.16 Å². The maximum Gasteiger partial charge on any atom is 0.327 e. The van der Waals surface area contributed by atoms with Gasteiger partial charge in [-0.15, -0.1) is 0 Å². The second-order valence-electron chi connectivity index (χ2n) is 3.51. The maximum atomic E-state index is 10.9. The van der Waals surface area contributed by atoms with Gasteiger partial charge in [0.25, 0.3) is 0 Å². The molecule has 1 unspecified atom stereocenters. The summed E-state index contributed by atoms with van der Waals surface area (Å²) >= 11 is 0. The van der Waals surface area contributed by atoms with Gasteiger partial charge in [0, 0.05) is 6.92 Å². The Hall–Kier alpha value is -1.16. The van der Waals surface area contributed by atoms with E-state index < -0.39 is 19.8 Å². The lowest BCUT2D eigenvalue weighted by Crippen LogP contribution is -2.28. The van der Waals surface area contributed by atoms with E-state index in [4.69, 9.17) is 9.79 Å². The first-order valence-electron chi connectivity index (χ1n) is 4.75. The molecule has 0 fully saturated rings. The summed E-state index contributed by atoms with van der Waals surface area (Å²) in [5.74, 6) is -0.317. The zero-order valence-electron chi connectivity index (χ0n) is 8.83. The Morgan fingerprint density at radius 2 is 1.94 bits per heavy atom. The van der Waals surface area contributed by atoms with Crippen LogP contribution in [0.5, 0.6) is 0 Å². The van der Waals surface area contributed by atoms with Crippen LogP contribution in [0.2, 0.25) is 0 Å². The molecule has 0 bridgehead atoms. The molecule has 5 nitrogen and oxygen atoms in total. The third kappa shape index (κ3) is 4.57. The highest BCUT2D eigenvalue weighted by Gasteiger charge is 2.23. The summed E-state index contributed by atoms with van der Waals surface area (Å²) < 4.78 is 10.9. The molecule has 1 aromatic carbocycles. The molecule has 0 saturated heterocycles. The second kappa shape index (κ2) is 5.25. The summed E-state index contributed by atoms with van der Waals surface area (Å²) in [6.07, 6.45) is -0.392. The highest BCUT2D eigenvalue weighted by atomic mass is 31.2. The van der Waals surface area contributed by atoms with Gasteiger partial charge >= 0.3 is 7.60 Å². The van der Waals surface area contributed by atoms with Crippen molar-refractivity contribution in [3.63, 3.8) is 0 Å². The molecule has 6 heteroatoms. The average Bonchev–Trinajstić information content (AvgIpc) is 2.15. The molecule has 0 aliphatic heterocycles. The number of carbonyl (C=O) groups excluding carboxylic acids is 1. The molecule has 1 aromatic rings. The third-order valence-corrected chi connectivity index (χ3v) is 2.84. The summed E-state index contributed by atoms with van der Waals surface area (Å²) in [6, 6.07) is 8.09. The van der Waals surface area contributed by atoms with E-state index >= 15 is 0 Å². The quantitative estimate of drug-likeness (QED) is 0.689. The molecule has 0 aliphatic rings.